The molecule has 0 aliphatic carbocycles. The first-order chi connectivity index (χ1) is 12.7. The average Bonchev–Trinajstić information content (AvgIpc) is 2.67. The van der Waals surface area contributed by atoms with Crippen molar-refractivity contribution in [2.75, 3.05) is 0 Å². The van der Waals surface area contributed by atoms with Gasteiger partial charge in [0.2, 0.25) is 0 Å². The van der Waals surface area contributed by atoms with Gasteiger partial charge in [-0.05, 0) is 53.3 Å². The maximum absolute atomic E-state index is 11.1. The number of hydrogen-bond acceptors (Lipinski definition) is 1. The second kappa shape index (κ2) is 11.9. The number of aryl methyl sites for hydroxylation is 1. The quantitative estimate of drug-likeness (QED) is 0.275. The molecule has 0 N–H and O–H groups in total. The molecule has 2 heteroatoms. The van der Waals surface area contributed by atoms with Gasteiger partial charge in [-0.2, -0.15) is 0 Å². The molecule has 26 heavy (non-hydrogen) atoms. The van der Waals surface area contributed by atoms with E-state index in [1.54, 1.807) is 12.1 Å². The van der Waals surface area contributed by atoms with Gasteiger partial charge in [-0.1, -0.05) is 94.7 Å². The molecule has 0 saturated heterocycles. The molecule has 2 aromatic carbocycles. The normalized spacial score (nSPS) is 10.8. The highest BCUT2D eigenvalue weighted by Crippen LogP contribution is 2.21. The smallest absolute Gasteiger partial charge is 0.252 e. The Bertz CT molecular complexity index is 643. The fraction of sp³-hybridized carbons (Fsp3) is 0.458. The third-order valence-electron chi connectivity index (χ3n) is 4.97. The molecule has 0 spiro atoms. The fourth-order valence-corrected chi connectivity index (χ4v) is 3.42. The molecule has 0 aliphatic rings. The summed E-state index contributed by atoms with van der Waals surface area (Å²) in [6.07, 6.45) is 13.5. The lowest BCUT2D eigenvalue weighted by atomic mass is 10.00. The fourth-order valence-electron chi connectivity index (χ4n) is 3.30. The van der Waals surface area contributed by atoms with E-state index in [0.717, 1.165) is 12.0 Å². The van der Waals surface area contributed by atoms with Crippen molar-refractivity contribution in [3.05, 3.63) is 59.7 Å². The maximum Gasteiger partial charge on any atom is 0.252 e. The van der Waals surface area contributed by atoms with Crippen LogP contribution in [0.3, 0.4) is 0 Å². The Morgan fingerprint density at radius 3 is 1.65 bits per heavy atom. The molecule has 2 rings (SSSR count). The van der Waals surface area contributed by atoms with Gasteiger partial charge in [0, 0.05) is 5.56 Å². The Labute approximate surface area is 163 Å². The lowest BCUT2D eigenvalue weighted by Crippen LogP contribution is -1.89. The molecule has 0 unspecified atom stereocenters. The minimum absolute atomic E-state index is 0.409. The maximum atomic E-state index is 11.1. The zero-order valence-electron chi connectivity index (χ0n) is 16.0. The summed E-state index contributed by atoms with van der Waals surface area (Å²) in [7, 11) is 0. The third kappa shape index (κ3) is 7.33. The van der Waals surface area contributed by atoms with Crippen LogP contribution in [-0.2, 0) is 6.42 Å². The highest BCUT2D eigenvalue weighted by atomic mass is 35.5. The van der Waals surface area contributed by atoms with Gasteiger partial charge >= 0.3 is 0 Å². The van der Waals surface area contributed by atoms with Gasteiger partial charge in [-0.25, -0.2) is 0 Å². The van der Waals surface area contributed by atoms with Crippen LogP contribution in [0.2, 0.25) is 0 Å². The zero-order valence-corrected chi connectivity index (χ0v) is 16.7. The van der Waals surface area contributed by atoms with Crippen LogP contribution >= 0.6 is 11.6 Å². The first kappa shape index (κ1) is 20.7. The number of rotatable bonds is 12. The lowest BCUT2D eigenvalue weighted by molar-refractivity contribution is 0.108. The Balaban J connectivity index is 1.68. The molecule has 0 heterocycles. The van der Waals surface area contributed by atoms with Crippen molar-refractivity contribution in [1.29, 1.82) is 0 Å². The van der Waals surface area contributed by atoms with Gasteiger partial charge < -0.3 is 0 Å². The molecule has 0 bridgehead atoms. The largest absolute Gasteiger partial charge is 0.276 e. The van der Waals surface area contributed by atoms with Crippen LogP contribution in [0, 0.1) is 0 Å². The molecule has 0 amide bonds. The Morgan fingerprint density at radius 2 is 1.15 bits per heavy atom. The van der Waals surface area contributed by atoms with Crippen molar-refractivity contribution in [1.82, 2.24) is 0 Å². The highest BCUT2D eigenvalue weighted by molar-refractivity contribution is 6.67. The van der Waals surface area contributed by atoms with E-state index in [0.29, 0.717) is 5.56 Å². The summed E-state index contributed by atoms with van der Waals surface area (Å²) in [6.45, 7) is 2.27. The predicted octanol–water partition coefficient (Wildman–Crippen LogP) is 7.81. The van der Waals surface area contributed by atoms with Crippen LogP contribution < -0.4 is 0 Å². The van der Waals surface area contributed by atoms with Crippen molar-refractivity contribution in [2.45, 2.75) is 71.1 Å². The van der Waals surface area contributed by atoms with Crippen LogP contribution in [0.1, 0.15) is 80.6 Å². The summed E-state index contributed by atoms with van der Waals surface area (Å²) in [5.41, 5.74) is 4.23. The van der Waals surface area contributed by atoms with Crippen LogP contribution in [0.5, 0.6) is 0 Å². The molecule has 0 saturated carbocycles. The van der Waals surface area contributed by atoms with Crippen molar-refractivity contribution >= 4 is 16.8 Å². The van der Waals surface area contributed by atoms with Crippen molar-refractivity contribution in [3.8, 4) is 11.1 Å². The van der Waals surface area contributed by atoms with E-state index >= 15 is 0 Å². The molecule has 0 aliphatic heterocycles. The average molecular weight is 371 g/mol. The van der Waals surface area contributed by atoms with E-state index < -0.39 is 5.24 Å². The molecule has 1 nitrogen and oxygen atoms in total. The topological polar surface area (TPSA) is 17.1 Å². The van der Waals surface area contributed by atoms with Crippen LogP contribution in [-0.4, -0.2) is 5.24 Å². The number of unbranched alkanes of at least 4 members (excludes halogenated alkanes) is 8. The Kier molecular flexibility index (Phi) is 9.48. The van der Waals surface area contributed by atoms with E-state index in [1.165, 1.54) is 68.9 Å². The van der Waals surface area contributed by atoms with E-state index in [-0.39, 0.29) is 0 Å². The summed E-state index contributed by atoms with van der Waals surface area (Å²) >= 11 is 5.49. The van der Waals surface area contributed by atoms with Crippen molar-refractivity contribution in [2.24, 2.45) is 0 Å². The van der Waals surface area contributed by atoms with Crippen LogP contribution in [0.4, 0.5) is 0 Å². The highest BCUT2D eigenvalue weighted by Gasteiger charge is 2.03. The number of carbonyl (C=O) groups is 1. The third-order valence-corrected chi connectivity index (χ3v) is 5.19. The number of benzene rings is 2. The van der Waals surface area contributed by atoms with Crippen molar-refractivity contribution in [3.63, 3.8) is 0 Å². The van der Waals surface area contributed by atoms with Gasteiger partial charge in [0.25, 0.3) is 5.24 Å². The Hall–Kier alpha value is -1.60. The second-order valence-corrected chi connectivity index (χ2v) is 7.47. The number of halogens is 1. The first-order valence-electron chi connectivity index (χ1n) is 10.1. The van der Waals surface area contributed by atoms with Gasteiger partial charge in [-0.15, -0.1) is 0 Å². The first-order valence-corrected chi connectivity index (χ1v) is 10.5. The second-order valence-electron chi connectivity index (χ2n) is 7.13. The monoisotopic (exact) mass is 370 g/mol. The van der Waals surface area contributed by atoms with Crippen LogP contribution in [0.15, 0.2) is 48.5 Å². The Morgan fingerprint density at radius 1 is 0.692 bits per heavy atom. The summed E-state index contributed by atoms with van der Waals surface area (Å²) in [5.74, 6) is 0. The molecular weight excluding hydrogens is 340 g/mol. The summed E-state index contributed by atoms with van der Waals surface area (Å²) in [5, 5.41) is -0.409. The van der Waals surface area contributed by atoms with Gasteiger partial charge in [0.05, 0.1) is 0 Å². The molecular formula is C24H31ClO. The molecule has 0 aromatic heterocycles. The molecule has 0 radical (unpaired) electrons. The predicted molar refractivity (Wildman–Crippen MR) is 113 cm³/mol. The van der Waals surface area contributed by atoms with E-state index in [9.17, 15) is 4.79 Å². The van der Waals surface area contributed by atoms with E-state index in [4.69, 9.17) is 11.6 Å². The molecule has 0 atom stereocenters. The van der Waals surface area contributed by atoms with Crippen LogP contribution in [0.25, 0.3) is 11.1 Å². The van der Waals surface area contributed by atoms with E-state index in [2.05, 4.69) is 31.2 Å². The van der Waals surface area contributed by atoms with Gasteiger partial charge in [-0.3, -0.25) is 4.79 Å². The lowest BCUT2D eigenvalue weighted by Gasteiger charge is -2.06. The summed E-state index contributed by atoms with van der Waals surface area (Å²) in [4.78, 5) is 11.1. The summed E-state index contributed by atoms with van der Waals surface area (Å²) in [6, 6.07) is 16.2. The summed E-state index contributed by atoms with van der Waals surface area (Å²) < 4.78 is 0. The zero-order chi connectivity index (χ0) is 18.6. The SMILES string of the molecule is CCCCCCCCCCCc1ccc(-c2ccc(C(=O)Cl)cc2)cc1. The van der Waals surface area contributed by atoms with Gasteiger partial charge in [0.15, 0.2) is 0 Å². The minimum atomic E-state index is -0.409. The standard InChI is InChI=1S/C24H31ClO/c1-2-3-4-5-6-7-8-9-10-11-20-12-14-21(15-13-20)22-16-18-23(19-17-22)24(25)26/h12-19H,2-11H2,1H3. The number of carbonyl (C=O) groups excluding carboxylic acids is 1. The molecule has 0 fully saturated rings. The van der Waals surface area contributed by atoms with Crippen molar-refractivity contribution < 1.29 is 4.79 Å². The molecule has 140 valence electrons. The molecule has 2 aromatic rings. The number of hydrogen-bond donors (Lipinski definition) is 0. The van der Waals surface area contributed by atoms with Gasteiger partial charge in [0.1, 0.15) is 0 Å². The minimum Gasteiger partial charge on any atom is -0.276 e. The van der Waals surface area contributed by atoms with E-state index in [1.807, 2.05) is 12.1 Å².